The number of aryl methyl sites for hydroxylation is 1. The van der Waals surface area contributed by atoms with Gasteiger partial charge in [0.1, 0.15) is 17.5 Å². The van der Waals surface area contributed by atoms with Gasteiger partial charge in [-0.3, -0.25) is 4.79 Å². The van der Waals surface area contributed by atoms with Gasteiger partial charge in [-0.2, -0.15) is 0 Å². The highest BCUT2D eigenvalue weighted by atomic mass is 16.5. The van der Waals surface area contributed by atoms with E-state index in [1.54, 1.807) is 13.4 Å². The SMILES string of the molecule is COc1cccc(NC(C(=O)c2ncn(C)c2-c2ccccc2)c2ccccc2)c1. The third-order valence-electron chi connectivity index (χ3n) is 4.99. The molecule has 5 heteroatoms. The summed E-state index contributed by atoms with van der Waals surface area (Å²) in [6.07, 6.45) is 1.68. The molecule has 150 valence electrons. The van der Waals surface area contributed by atoms with Gasteiger partial charge in [0.25, 0.3) is 0 Å². The molecule has 0 saturated heterocycles. The highest BCUT2D eigenvalue weighted by Gasteiger charge is 2.27. The smallest absolute Gasteiger partial charge is 0.210 e. The lowest BCUT2D eigenvalue weighted by molar-refractivity contribution is 0.0965. The van der Waals surface area contributed by atoms with E-state index in [0.29, 0.717) is 5.69 Å². The van der Waals surface area contributed by atoms with Gasteiger partial charge in [-0.25, -0.2) is 4.98 Å². The molecule has 4 aromatic rings. The number of hydrogen-bond acceptors (Lipinski definition) is 4. The Kier molecular flexibility index (Phi) is 5.61. The largest absolute Gasteiger partial charge is 0.497 e. The van der Waals surface area contributed by atoms with Crippen LogP contribution in [0.5, 0.6) is 5.75 Å². The average Bonchev–Trinajstić information content (AvgIpc) is 3.19. The molecule has 3 aromatic carbocycles. The number of ether oxygens (including phenoxy) is 1. The van der Waals surface area contributed by atoms with Crippen molar-refractivity contribution in [2.45, 2.75) is 6.04 Å². The Bertz CT molecular complexity index is 1140. The van der Waals surface area contributed by atoms with Crippen molar-refractivity contribution >= 4 is 11.5 Å². The first-order valence-corrected chi connectivity index (χ1v) is 9.74. The second-order valence-electron chi connectivity index (χ2n) is 7.00. The van der Waals surface area contributed by atoms with Crippen LogP contribution in [0.25, 0.3) is 11.3 Å². The lowest BCUT2D eigenvalue weighted by Crippen LogP contribution is -2.22. The minimum Gasteiger partial charge on any atom is -0.497 e. The molecule has 0 bridgehead atoms. The van der Waals surface area contributed by atoms with Gasteiger partial charge in [-0.15, -0.1) is 0 Å². The molecule has 0 radical (unpaired) electrons. The van der Waals surface area contributed by atoms with Crippen LogP contribution in [0, 0.1) is 0 Å². The van der Waals surface area contributed by atoms with Crippen LogP contribution in [-0.4, -0.2) is 22.4 Å². The Labute approximate surface area is 176 Å². The molecule has 0 fully saturated rings. The molecule has 0 aliphatic rings. The highest BCUT2D eigenvalue weighted by molar-refractivity contribution is 6.05. The summed E-state index contributed by atoms with van der Waals surface area (Å²) in [4.78, 5) is 18.2. The topological polar surface area (TPSA) is 56.1 Å². The number of imidazole rings is 1. The zero-order valence-corrected chi connectivity index (χ0v) is 16.9. The first-order valence-electron chi connectivity index (χ1n) is 9.74. The number of methoxy groups -OCH3 is 1. The zero-order chi connectivity index (χ0) is 20.9. The molecule has 4 rings (SSSR count). The van der Waals surface area contributed by atoms with Gasteiger partial charge in [0.15, 0.2) is 0 Å². The van der Waals surface area contributed by atoms with Gasteiger partial charge in [0.05, 0.1) is 19.1 Å². The number of anilines is 1. The summed E-state index contributed by atoms with van der Waals surface area (Å²) < 4.78 is 7.21. The van der Waals surface area contributed by atoms with Crippen molar-refractivity contribution in [2.75, 3.05) is 12.4 Å². The first kappa shape index (κ1) is 19.5. The summed E-state index contributed by atoms with van der Waals surface area (Å²) in [5.41, 5.74) is 3.86. The van der Waals surface area contributed by atoms with Gasteiger partial charge in [0, 0.05) is 24.4 Å². The Morgan fingerprint density at radius 1 is 0.967 bits per heavy atom. The maximum absolute atomic E-state index is 13.7. The summed E-state index contributed by atoms with van der Waals surface area (Å²) in [6.45, 7) is 0. The van der Waals surface area contributed by atoms with Crippen LogP contribution in [0.4, 0.5) is 5.69 Å². The molecule has 1 aromatic heterocycles. The van der Waals surface area contributed by atoms with Crippen LogP contribution in [0.3, 0.4) is 0 Å². The number of rotatable bonds is 7. The molecule has 0 saturated carbocycles. The lowest BCUT2D eigenvalue weighted by Gasteiger charge is -2.20. The number of carbonyl (C=O) groups is 1. The van der Waals surface area contributed by atoms with E-state index in [4.69, 9.17) is 4.74 Å². The Morgan fingerprint density at radius 3 is 2.37 bits per heavy atom. The fraction of sp³-hybridized carbons (Fsp3) is 0.120. The third kappa shape index (κ3) is 3.96. The highest BCUT2D eigenvalue weighted by Crippen LogP contribution is 2.30. The summed E-state index contributed by atoms with van der Waals surface area (Å²) in [6, 6.07) is 26.5. The number of aromatic nitrogens is 2. The number of benzene rings is 3. The van der Waals surface area contributed by atoms with Gasteiger partial charge in [-0.05, 0) is 17.7 Å². The van der Waals surface area contributed by atoms with Crippen molar-refractivity contribution in [3.05, 3.63) is 103 Å². The summed E-state index contributed by atoms with van der Waals surface area (Å²) >= 11 is 0. The normalized spacial score (nSPS) is 11.7. The maximum atomic E-state index is 13.7. The van der Waals surface area contributed by atoms with E-state index in [0.717, 1.165) is 28.3 Å². The fourth-order valence-electron chi connectivity index (χ4n) is 3.51. The van der Waals surface area contributed by atoms with Crippen LogP contribution >= 0.6 is 0 Å². The Hall–Kier alpha value is -3.86. The molecule has 1 N–H and O–H groups in total. The van der Waals surface area contributed by atoms with E-state index in [9.17, 15) is 4.79 Å². The minimum absolute atomic E-state index is 0.0940. The van der Waals surface area contributed by atoms with Crippen molar-refractivity contribution in [1.29, 1.82) is 0 Å². The van der Waals surface area contributed by atoms with Gasteiger partial charge >= 0.3 is 0 Å². The predicted molar refractivity (Wildman–Crippen MR) is 119 cm³/mol. The van der Waals surface area contributed by atoms with E-state index in [2.05, 4.69) is 10.3 Å². The number of Topliss-reactive ketones (excluding diaryl/α,β-unsaturated/α-hetero) is 1. The molecule has 1 unspecified atom stereocenters. The maximum Gasteiger partial charge on any atom is 0.210 e. The molecule has 0 aliphatic carbocycles. The molecule has 5 nitrogen and oxygen atoms in total. The van der Waals surface area contributed by atoms with Crippen molar-refractivity contribution < 1.29 is 9.53 Å². The second-order valence-corrected chi connectivity index (χ2v) is 7.00. The summed E-state index contributed by atoms with van der Waals surface area (Å²) in [5.74, 6) is 0.630. The average molecular weight is 397 g/mol. The third-order valence-corrected chi connectivity index (χ3v) is 4.99. The number of hydrogen-bond donors (Lipinski definition) is 1. The van der Waals surface area contributed by atoms with Crippen molar-refractivity contribution in [1.82, 2.24) is 9.55 Å². The van der Waals surface area contributed by atoms with E-state index in [-0.39, 0.29) is 5.78 Å². The molecule has 0 aliphatic heterocycles. The number of nitrogens with zero attached hydrogens (tertiary/aromatic N) is 2. The van der Waals surface area contributed by atoms with Crippen LogP contribution in [0.1, 0.15) is 22.1 Å². The van der Waals surface area contributed by atoms with Crippen molar-refractivity contribution in [3.8, 4) is 17.0 Å². The van der Waals surface area contributed by atoms with Crippen molar-refractivity contribution in [2.24, 2.45) is 7.05 Å². The molecule has 30 heavy (non-hydrogen) atoms. The van der Waals surface area contributed by atoms with Crippen molar-refractivity contribution in [3.63, 3.8) is 0 Å². The quantitative estimate of drug-likeness (QED) is 0.439. The predicted octanol–water partition coefficient (Wildman–Crippen LogP) is 5.13. The monoisotopic (exact) mass is 397 g/mol. The van der Waals surface area contributed by atoms with Crippen LogP contribution < -0.4 is 10.1 Å². The number of nitrogens with one attached hydrogen (secondary N) is 1. The van der Waals surface area contributed by atoms with E-state index >= 15 is 0 Å². The second kappa shape index (κ2) is 8.66. The molecule has 1 atom stereocenters. The number of ketones is 1. The van der Waals surface area contributed by atoms with E-state index < -0.39 is 6.04 Å². The molecule has 0 amide bonds. The molecule has 0 spiro atoms. The summed E-state index contributed by atoms with van der Waals surface area (Å²) in [5, 5.41) is 3.38. The van der Waals surface area contributed by atoms with Gasteiger partial charge < -0.3 is 14.6 Å². The molecular formula is C25H23N3O2. The summed E-state index contributed by atoms with van der Waals surface area (Å²) in [7, 11) is 3.53. The lowest BCUT2D eigenvalue weighted by atomic mass is 9.97. The standard InChI is InChI=1S/C25H23N3O2/c1-28-17-26-23(24(28)19-12-7-4-8-13-19)25(29)22(18-10-5-3-6-11-18)27-20-14-9-15-21(16-20)30-2/h3-17,22,27H,1-2H3. The number of carbonyl (C=O) groups excluding carboxylic acids is 1. The molecular weight excluding hydrogens is 374 g/mol. The molecule has 1 heterocycles. The van der Waals surface area contributed by atoms with Gasteiger partial charge in [-0.1, -0.05) is 66.7 Å². The Balaban J connectivity index is 1.76. The first-order chi connectivity index (χ1) is 14.7. The zero-order valence-electron chi connectivity index (χ0n) is 16.9. The van der Waals surface area contributed by atoms with Crippen LogP contribution in [0.15, 0.2) is 91.3 Å². The Morgan fingerprint density at radius 2 is 1.67 bits per heavy atom. The van der Waals surface area contributed by atoms with Crippen LogP contribution in [-0.2, 0) is 7.05 Å². The van der Waals surface area contributed by atoms with Crippen LogP contribution in [0.2, 0.25) is 0 Å². The van der Waals surface area contributed by atoms with E-state index in [1.807, 2.05) is 96.5 Å². The minimum atomic E-state index is -0.587. The van der Waals surface area contributed by atoms with E-state index in [1.165, 1.54) is 0 Å². The van der Waals surface area contributed by atoms with Gasteiger partial charge in [0.2, 0.25) is 5.78 Å². The fourth-order valence-corrected chi connectivity index (χ4v) is 3.51.